The van der Waals surface area contributed by atoms with E-state index in [0.29, 0.717) is 17.2 Å². The summed E-state index contributed by atoms with van der Waals surface area (Å²) in [6.07, 6.45) is 1.48. The van der Waals surface area contributed by atoms with Crippen molar-refractivity contribution in [2.45, 2.75) is 6.92 Å². The van der Waals surface area contributed by atoms with Crippen molar-refractivity contribution in [1.29, 1.82) is 0 Å². The lowest BCUT2D eigenvalue weighted by atomic mass is 10.2. The quantitative estimate of drug-likeness (QED) is 0.722. The number of oxazole rings is 1. The van der Waals surface area contributed by atoms with Gasteiger partial charge in [-0.1, -0.05) is 17.7 Å². The third-order valence-corrected chi connectivity index (χ3v) is 2.13. The predicted octanol–water partition coefficient (Wildman–Crippen LogP) is 3.44. The maximum atomic E-state index is 13.5. The Kier molecular flexibility index (Phi) is 2.25. The third-order valence-electron chi connectivity index (χ3n) is 1.84. The Morgan fingerprint density at radius 1 is 1.43 bits per heavy atom. The Labute approximate surface area is 85.3 Å². The van der Waals surface area contributed by atoms with Crippen LogP contribution < -0.4 is 0 Å². The Hall–Kier alpha value is -1.35. The van der Waals surface area contributed by atoms with Gasteiger partial charge < -0.3 is 4.42 Å². The molecular formula is C10H7ClFNO. The lowest BCUT2D eigenvalue weighted by Crippen LogP contribution is -1.82. The highest BCUT2D eigenvalue weighted by Gasteiger charge is 2.11. The van der Waals surface area contributed by atoms with Gasteiger partial charge in [0.25, 0.3) is 0 Å². The summed E-state index contributed by atoms with van der Waals surface area (Å²) >= 11 is 5.63. The molecule has 2 rings (SSSR count). The fraction of sp³-hybridized carbons (Fsp3) is 0.100. The van der Waals surface area contributed by atoms with Gasteiger partial charge in [0.2, 0.25) is 0 Å². The van der Waals surface area contributed by atoms with Gasteiger partial charge in [-0.3, -0.25) is 0 Å². The molecule has 0 unspecified atom stereocenters. The maximum Gasteiger partial charge on any atom is 0.191 e. The molecule has 1 aromatic carbocycles. The molecule has 0 fully saturated rings. The van der Waals surface area contributed by atoms with E-state index in [0.717, 1.165) is 0 Å². The van der Waals surface area contributed by atoms with E-state index in [1.807, 2.05) is 0 Å². The Morgan fingerprint density at radius 3 is 2.86 bits per heavy atom. The lowest BCUT2D eigenvalue weighted by molar-refractivity contribution is 0.528. The zero-order chi connectivity index (χ0) is 10.1. The molecule has 4 heteroatoms. The second kappa shape index (κ2) is 3.42. The molecule has 2 aromatic rings. The van der Waals surface area contributed by atoms with Gasteiger partial charge in [0, 0.05) is 6.92 Å². The highest BCUT2D eigenvalue weighted by Crippen LogP contribution is 2.27. The average Bonchev–Trinajstić information content (AvgIpc) is 2.57. The number of rotatable bonds is 1. The van der Waals surface area contributed by atoms with Gasteiger partial charge in [-0.25, -0.2) is 9.37 Å². The first-order valence-corrected chi connectivity index (χ1v) is 4.43. The van der Waals surface area contributed by atoms with E-state index < -0.39 is 5.82 Å². The van der Waals surface area contributed by atoms with Crippen LogP contribution in [0.15, 0.2) is 28.8 Å². The van der Waals surface area contributed by atoms with Crippen LogP contribution in [0.25, 0.3) is 11.3 Å². The first-order chi connectivity index (χ1) is 6.68. The van der Waals surface area contributed by atoms with Crippen molar-refractivity contribution >= 4 is 11.6 Å². The van der Waals surface area contributed by atoms with Crippen LogP contribution in [0.2, 0.25) is 5.02 Å². The molecule has 0 atom stereocenters. The Bertz CT molecular complexity index is 467. The number of hydrogen-bond acceptors (Lipinski definition) is 2. The Balaban J connectivity index is 2.57. The molecule has 0 amide bonds. The molecule has 14 heavy (non-hydrogen) atoms. The number of aromatic nitrogens is 1. The number of hydrogen-bond donors (Lipinski definition) is 0. The fourth-order valence-corrected chi connectivity index (χ4v) is 1.35. The standard InChI is InChI=1S/C10H7ClFNO/c1-6-13-5-9(14-6)7-3-2-4-8(11)10(7)12/h2-5H,1H3. The van der Waals surface area contributed by atoms with Crippen molar-refractivity contribution in [2.24, 2.45) is 0 Å². The van der Waals surface area contributed by atoms with Gasteiger partial charge in [-0.05, 0) is 12.1 Å². The van der Waals surface area contributed by atoms with E-state index in [-0.39, 0.29) is 5.02 Å². The molecule has 2 nitrogen and oxygen atoms in total. The van der Waals surface area contributed by atoms with Gasteiger partial charge in [-0.2, -0.15) is 0 Å². The molecule has 0 bridgehead atoms. The van der Waals surface area contributed by atoms with E-state index >= 15 is 0 Å². The SMILES string of the molecule is Cc1ncc(-c2cccc(Cl)c2F)o1. The molecule has 1 aromatic heterocycles. The fourth-order valence-electron chi connectivity index (χ4n) is 1.18. The van der Waals surface area contributed by atoms with Gasteiger partial charge in [0.1, 0.15) is 0 Å². The summed E-state index contributed by atoms with van der Waals surface area (Å²) in [6, 6.07) is 4.75. The zero-order valence-corrected chi connectivity index (χ0v) is 8.18. The van der Waals surface area contributed by atoms with Crippen molar-refractivity contribution in [3.63, 3.8) is 0 Å². The Morgan fingerprint density at radius 2 is 2.21 bits per heavy atom. The second-order valence-corrected chi connectivity index (χ2v) is 3.25. The molecule has 0 radical (unpaired) electrons. The van der Waals surface area contributed by atoms with Crippen LogP contribution >= 0.6 is 11.6 Å². The highest BCUT2D eigenvalue weighted by atomic mass is 35.5. The number of halogens is 2. The molecule has 0 saturated carbocycles. The van der Waals surface area contributed by atoms with Crippen molar-refractivity contribution < 1.29 is 8.81 Å². The second-order valence-electron chi connectivity index (χ2n) is 2.84. The predicted molar refractivity (Wildman–Crippen MR) is 51.6 cm³/mol. The average molecular weight is 212 g/mol. The van der Waals surface area contributed by atoms with Crippen molar-refractivity contribution in [2.75, 3.05) is 0 Å². The highest BCUT2D eigenvalue weighted by molar-refractivity contribution is 6.31. The van der Waals surface area contributed by atoms with Crippen LogP contribution in [0.1, 0.15) is 5.89 Å². The molecule has 0 saturated heterocycles. The van der Waals surface area contributed by atoms with E-state index in [1.54, 1.807) is 19.1 Å². The molecule has 0 aliphatic rings. The zero-order valence-electron chi connectivity index (χ0n) is 7.42. The van der Waals surface area contributed by atoms with Gasteiger partial charge in [0.15, 0.2) is 17.5 Å². The molecule has 0 aliphatic carbocycles. The van der Waals surface area contributed by atoms with Crippen LogP contribution in [0, 0.1) is 12.7 Å². The monoisotopic (exact) mass is 211 g/mol. The first-order valence-electron chi connectivity index (χ1n) is 4.05. The normalized spacial score (nSPS) is 10.5. The molecule has 1 heterocycles. The smallest absolute Gasteiger partial charge is 0.191 e. The summed E-state index contributed by atoms with van der Waals surface area (Å²) in [6.45, 7) is 1.70. The van der Waals surface area contributed by atoms with Crippen LogP contribution in [0.5, 0.6) is 0 Å². The van der Waals surface area contributed by atoms with Crippen LogP contribution in [-0.4, -0.2) is 4.98 Å². The van der Waals surface area contributed by atoms with Crippen molar-refractivity contribution in [1.82, 2.24) is 4.98 Å². The van der Waals surface area contributed by atoms with E-state index in [2.05, 4.69) is 4.98 Å². The molecule has 0 aliphatic heterocycles. The first kappa shape index (κ1) is 9.21. The number of nitrogens with zero attached hydrogens (tertiary/aromatic N) is 1. The summed E-state index contributed by atoms with van der Waals surface area (Å²) in [7, 11) is 0. The summed E-state index contributed by atoms with van der Waals surface area (Å²) < 4.78 is 18.7. The van der Waals surface area contributed by atoms with Crippen molar-refractivity contribution in [3.8, 4) is 11.3 Å². The van der Waals surface area contributed by atoms with Crippen LogP contribution in [0.3, 0.4) is 0 Å². The van der Waals surface area contributed by atoms with Gasteiger partial charge >= 0.3 is 0 Å². The van der Waals surface area contributed by atoms with Gasteiger partial charge in [-0.15, -0.1) is 0 Å². The topological polar surface area (TPSA) is 26.0 Å². The summed E-state index contributed by atoms with van der Waals surface area (Å²) in [5.74, 6) is 0.409. The molecule has 72 valence electrons. The van der Waals surface area contributed by atoms with E-state index in [4.69, 9.17) is 16.0 Å². The lowest BCUT2D eigenvalue weighted by Gasteiger charge is -1.99. The minimum absolute atomic E-state index is 0.0801. The molecular weight excluding hydrogens is 205 g/mol. The molecule has 0 N–H and O–H groups in total. The van der Waals surface area contributed by atoms with Crippen molar-refractivity contribution in [3.05, 3.63) is 41.1 Å². The van der Waals surface area contributed by atoms with E-state index in [9.17, 15) is 4.39 Å². The minimum Gasteiger partial charge on any atom is -0.441 e. The summed E-state index contributed by atoms with van der Waals surface area (Å²) in [5, 5.41) is 0.0801. The number of aryl methyl sites for hydroxylation is 1. The minimum atomic E-state index is -0.481. The molecule has 0 spiro atoms. The van der Waals surface area contributed by atoms with Crippen LogP contribution in [-0.2, 0) is 0 Å². The maximum absolute atomic E-state index is 13.5. The summed E-state index contributed by atoms with van der Waals surface area (Å²) in [5.41, 5.74) is 0.332. The number of benzene rings is 1. The van der Waals surface area contributed by atoms with Gasteiger partial charge in [0.05, 0.1) is 16.8 Å². The summed E-state index contributed by atoms with van der Waals surface area (Å²) in [4.78, 5) is 3.89. The largest absolute Gasteiger partial charge is 0.441 e. The van der Waals surface area contributed by atoms with Crippen LogP contribution in [0.4, 0.5) is 4.39 Å². The third kappa shape index (κ3) is 1.51. The van der Waals surface area contributed by atoms with E-state index in [1.165, 1.54) is 12.3 Å².